The third kappa shape index (κ3) is 3.54. The van der Waals surface area contributed by atoms with Crippen LogP contribution in [-0.2, 0) is 13.8 Å². The number of hydrogen-bond donors (Lipinski definition) is 0. The first kappa shape index (κ1) is 15.8. The van der Waals surface area contributed by atoms with Crippen molar-refractivity contribution in [1.29, 1.82) is 0 Å². The van der Waals surface area contributed by atoms with Crippen LogP contribution in [0.25, 0.3) is 0 Å². The van der Waals surface area contributed by atoms with Crippen molar-refractivity contribution in [3.63, 3.8) is 0 Å². The lowest BCUT2D eigenvalue weighted by atomic mass is 10.1. The third-order valence-corrected chi connectivity index (χ3v) is 5.51. The predicted octanol–water partition coefficient (Wildman–Crippen LogP) is 2.99. The van der Waals surface area contributed by atoms with Crippen molar-refractivity contribution in [2.75, 3.05) is 17.2 Å². The summed E-state index contributed by atoms with van der Waals surface area (Å²) in [6.07, 6.45) is 0.223. The summed E-state index contributed by atoms with van der Waals surface area (Å²) in [5.74, 6) is -0.459. The molecule has 0 N–H and O–H groups in total. The topological polar surface area (TPSA) is 54.5 Å². The van der Waals surface area contributed by atoms with E-state index in [-0.39, 0.29) is 24.0 Å². The monoisotopic (exact) mass is 379 g/mol. The van der Waals surface area contributed by atoms with Gasteiger partial charge in [-0.15, -0.1) is 0 Å². The first-order valence-electron chi connectivity index (χ1n) is 6.17. The zero-order valence-corrected chi connectivity index (χ0v) is 14.3. The molecule has 1 aromatic carbocycles. The molecule has 0 bridgehead atoms. The van der Waals surface area contributed by atoms with Gasteiger partial charge in [0.15, 0.2) is 0 Å². The van der Waals surface area contributed by atoms with E-state index in [9.17, 15) is 13.2 Å². The van der Waals surface area contributed by atoms with Crippen LogP contribution in [0.5, 0.6) is 0 Å². The van der Waals surface area contributed by atoms with E-state index in [1.54, 1.807) is 4.90 Å². The molecule has 1 atom stereocenters. The van der Waals surface area contributed by atoms with Crippen molar-refractivity contribution in [2.45, 2.75) is 20.3 Å². The maximum absolute atomic E-state index is 12.1. The minimum absolute atomic E-state index is 0.0554. The van der Waals surface area contributed by atoms with Gasteiger partial charge in [-0.05, 0) is 37.1 Å². The summed E-state index contributed by atoms with van der Waals surface area (Å²) in [6.45, 7) is 4.28. The lowest BCUT2D eigenvalue weighted by Crippen LogP contribution is -2.26. The van der Waals surface area contributed by atoms with Crippen molar-refractivity contribution < 1.29 is 13.2 Å². The van der Waals surface area contributed by atoms with E-state index in [2.05, 4.69) is 15.9 Å². The number of aryl methyl sites for hydroxylation is 2. The third-order valence-electron chi connectivity index (χ3n) is 3.41. The Morgan fingerprint density at radius 1 is 1.35 bits per heavy atom. The fourth-order valence-corrected chi connectivity index (χ4v) is 4.24. The quantitative estimate of drug-likeness (QED) is 0.758. The van der Waals surface area contributed by atoms with Crippen molar-refractivity contribution in [1.82, 2.24) is 0 Å². The molecule has 0 aliphatic carbocycles. The van der Waals surface area contributed by atoms with Crippen LogP contribution in [-0.4, -0.2) is 26.6 Å². The Morgan fingerprint density at radius 2 is 2.00 bits per heavy atom. The second-order valence-electron chi connectivity index (χ2n) is 5.17. The molecule has 0 aromatic heterocycles. The first-order chi connectivity index (χ1) is 9.17. The van der Waals surface area contributed by atoms with Crippen molar-refractivity contribution in [3.05, 3.63) is 27.7 Å². The largest absolute Gasteiger partial charge is 0.312 e. The molecule has 1 heterocycles. The molecule has 1 aliphatic heterocycles. The van der Waals surface area contributed by atoms with Gasteiger partial charge >= 0.3 is 0 Å². The molecule has 4 nitrogen and oxygen atoms in total. The van der Waals surface area contributed by atoms with E-state index < -0.39 is 9.05 Å². The van der Waals surface area contributed by atoms with Gasteiger partial charge in [0, 0.05) is 39.7 Å². The average molecular weight is 381 g/mol. The summed E-state index contributed by atoms with van der Waals surface area (Å²) in [5, 5.41) is 0. The molecule has 20 heavy (non-hydrogen) atoms. The maximum Gasteiger partial charge on any atom is 0.232 e. The van der Waals surface area contributed by atoms with Crippen LogP contribution in [0.15, 0.2) is 16.6 Å². The SMILES string of the molecule is Cc1cc(N2CC(CS(=O)(=O)Cl)CC2=O)c(C)cc1Br. The molecule has 1 aromatic rings. The summed E-state index contributed by atoms with van der Waals surface area (Å²) < 4.78 is 23.3. The van der Waals surface area contributed by atoms with Gasteiger partial charge in [0.2, 0.25) is 15.0 Å². The number of hydrogen-bond acceptors (Lipinski definition) is 3. The van der Waals surface area contributed by atoms with Gasteiger partial charge in [0.1, 0.15) is 0 Å². The van der Waals surface area contributed by atoms with Gasteiger partial charge < -0.3 is 4.90 Å². The Balaban J connectivity index is 2.26. The Kier molecular flexibility index (Phi) is 4.47. The number of benzene rings is 1. The van der Waals surface area contributed by atoms with Gasteiger partial charge in [0.05, 0.1) is 5.75 Å². The van der Waals surface area contributed by atoms with Crippen LogP contribution in [0, 0.1) is 19.8 Å². The highest BCUT2D eigenvalue weighted by atomic mass is 79.9. The molecule has 7 heteroatoms. The first-order valence-corrected chi connectivity index (χ1v) is 9.44. The number of carbonyl (C=O) groups is 1. The van der Waals surface area contributed by atoms with Gasteiger partial charge in [-0.25, -0.2) is 8.42 Å². The normalized spacial score (nSPS) is 19.7. The highest BCUT2D eigenvalue weighted by Gasteiger charge is 2.33. The van der Waals surface area contributed by atoms with E-state index in [1.807, 2.05) is 26.0 Å². The number of amides is 1. The summed E-state index contributed by atoms with van der Waals surface area (Å²) in [7, 11) is 1.69. The molecule has 1 fully saturated rings. The Hall–Kier alpha value is -0.590. The van der Waals surface area contributed by atoms with Crippen LogP contribution in [0.1, 0.15) is 17.5 Å². The zero-order chi connectivity index (χ0) is 15.1. The van der Waals surface area contributed by atoms with E-state index in [0.29, 0.717) is 6.54 Å². The summed E-state index contributed by atoms with van der Waals surface area (Å²) >= 11 is 3.46. The molecular weight excluding hydrogens is 366 g/mol. The van der Waals surface area contributed by atoms with Gasteiger partial charge in [0.25, 0.3) is 0 Å². The molecule has 1 saturated heterocycles. The summed E-state index contributed by atoms with van der Waals surface area (Å²) in [4.78, 5) is 13.8. The number of rotatable bonds is 3. The van der Waals surface area contributed by atoms with Gasteiger partial charge in [-0.3, -0.25) is 4.79 Å². The summed E-state index contributed by atoms with van der Waals surface area (Å²) in [6, 6.07) is 3.90. The van der Waals surface area contributed by atoms with Crippen LogP contribution in [0.3, 0.4) is 0 Å². The second kappa shape index (κ2) is 5.66. The Labute approximate surface area is 131 Å². The average Bonchev–Trinajstić information content (AvgIpc) is 2.62. The highest BCUT2D eigenvalue weighted by molar-refractivity contribution is 9.10. The van der Waals surface area contributed by atoms with Crippen molar-refractivity contribution in [3.8, 4) is 0 Å². The van der Waals surface area contributed by atoms with Crippen LogP contribution in [0.4, 0.5) is 5.69 Å². The molecule has 2 rings (SSSR count). The second-order valence-corrected chi connectivity index (χ2v) is 8.84. The zero-order valence-electron chi connectivity index (χ0n) is 11.2. The molecule has 1 aliphatic rings. The fraction of sp³-hybridized carbons (Fsp3) is 0.462. The molecule has 0 radical (unpaired) electrons. The van der Waals surface area contributed by atoms with Crippen molar-refractivity contribution in [2.24, 2.45) is 5.92 Å². The number of anilines is 1. The van der Waals surface area contributed by atoms with E-state index in [0.717, 1.165) is 21.3 Å². The minimum Gasteiger partial charge on any atom is -0.312 e. The number of nitrogens with zero attached hydrogens (tertiary/aromatic N) is 1. The minimum atomic E-state index is -3.58. The molecule has 110 valence electrons. The maximum atomic E-state index is 12.1. The lowest BCUT2D eigenvalue weighted by molar-refractivity contribution is -0.117. The Morgan fingerprint density at radius 3 is 2.60 bits per heavy atom. The van der Waals surface area contributed by atoms with Gasteiger partial charge in [-0.1, -0.05) is 15.9 Å². The predicted molar refractivity (Wildman–Crippen MR) is 83.7 cm³/mol. The molecule has 1 unspecified atom stereocenters. The fourth-order valence-electron chi connectivity index (χ4n) is 2.46. The lowest BCUT2D eigenvalue weighted by Gasteiger charge is -2.20. The number of carbonyl (C=O) groups excluding carboxylic acids is 1. The van der Waals surface area contributed by atoms with E-state index in [1.165, 1.54) is 0 Å². The van der Waals surface area contributed by atoms with Gasteiger partial charge in [-0.2, -0.15) is 0 Å². The highest BCUT2D eigenvalue weighted by Crippen LogP contribution is 2.32. The van der Waals surface area contributed by atoms with Crippen LogP contribution >= 0.6 is 26.6 Å². The van der Waals surface area contributed by atoms with Crippen LogP contribution < -0.4 is 4.90 Å². The van der Waals surface area contributed by atoms with E-state index in [4.69, 9.17) is 10.7 Å². The smallest absolute Gasteiger partial charge is 0.232 e. The molecular formula is C13H15BrClNO3S. The van der Waals surface area contributed by atoms with E-state index >= 15 is 0 Å². The van der Waals surface area contributed by atoms with Crippen LogP contribution in [0.2, 0.25) is 0 Å². The Bertz CT molecular complexity index is 660. The molecule has 1 amide bonds. The molecule has 0 saturated carbocycles. The number of halogens is 2. The standard InChI is InChI=1S/C13H15BrClNO3S/c1-8-4-12(9(2)3-11(8)14)16-6-10(5-13(16)17)7-20(15,18)19/h3-4,10H,5-7H2,1-2H3. The molecule has 0 spiro atoms. The summed E-state index contributed by atoms with van der Waals surface area (Å²) in [5.41, 5.74) is 2.85. The van der Waals surface area contributed by atoms with Crippen molar-refractivity contribution >= 4 is 47.3 Å².